The first kappa shape index (κ1) is 12.5. The number of benzene rings is 1. The maximum absolute atomic E-state index is 10.8. The monoisotopic (exact) mass is 267 g/mol. The van der Waals surface area contributed by atoms with Gasteiger partial charge in [-0.1, -0.05) is 31.2 Å². The largest absolute Gasteiger partial charge is 0.276 e. The Balaban J connectivity index is 2.13. The van der Waals surface area contributed by atoms with Crippen LogP contribution in [-0.2, 0) is 0 Å². The zero-order valence-corrected chi connectivity index (χ0v) is 11.0. The van der Waals surface area contributed by atoms with Crippen molar-refractivity contribution in [1.29, 1.82) is 0 Å². The van der Waals surface area contributed by atoms with Crippen LogP contribution in [0, 0.1) is 10.1 Å². The quantitative estimate of drug-likeness (QED) is 0.617. The Morgan fingerprint density at radius 1 is 1.47 bits per heavy atom. The fraction of sp³-hybridized carbons (Fsp3) is 0.333. The highest BCUT2D eigenvalue weighted by atomic mass is 32.2. The van der Waals surface area contributed by atoms with Gasteiger partial charge in [-0.2, -0.15) is 0 Å². The molecule has 3 nitrogen and oxygen atoms in total. The Labute approximate surface area is 109 Å². The van der Waals surface area contributed by atoms with E-state index >= 15 is 0 Å². The molecule has 2 atom stereocenters. The Kier molecular flexibility index (Phi) is 4.12. The van der Waals surface area contributed by atoms with Crippen LogP contribution in [0.2, 0.25) is 0 Å². The van der Waals surface area contributed by atoms with Crippen molar-refractivity contribution in [3.63, 3.8) is 0 Å². The maximum atomic E-state index is 10.8. The molecule has 5 heteroatoms. The fourth-order valence-corrected chi connectivity index (χ4v) is 4.56. The predicted octanol–water partition coefficient (Wildman–Crippen LogP) is 3.80. The number of para-hydroxylation sites is 1. The van der Waals surface area contributed by atoms with E-state index in [0.717, 1.165) is 5.75 Å². The Hall–Kier alpha value is -0.940. The van der Waals surface area contributed by atoms with E-state index in [0.29, 0.717) is 15.4 Å². The van der Waals surface area contributed by atoms with Gasteiger partial charge in [0.2, 0.25) is 0 Å². The summed E-state index contributed by atoms with van der Waals surface area (Å²) in [6.45, 7) is 2.20. The molecule has 0 amide bonds. The summed E-state index contributed by atoms with van der Waals surface area (Å²) in [7, 11) is 0. The molecule has 1 saturated heterocycles. The van der Waals surface area contributed by atoms with E-state index in [1.165, 1.54) is 6.07 Å². The topological polar surface area (TPSA) is 43.1 Å². The number of hydrogen-bond acceptors (Lipinski definition) is 4. The highest BCUT2D eigenvalue weighted by Crippen LogP contribution is 2.38. The van der Waals surface area contributed by atoms with Crippen molar-refractivity contribution in [2.75, 3.05) is 5.75 Å². The third kappa shape index (κ3) is 3.26. The van der Waals surface area contributed by atoms with Gasteiger partial charge in [-0.05, 0) is 6.07 Å². The van der Waals surface area contributed by atoms with Crippen LogP contribution in [0.1, 0.15) is 12.5 Å². The second-order valence-corrected chi connectivity index (χ2v) is 6.88. The summed E-state index contributed by atoms with van der Waals surface area (Å²) in [6.07, 6.45) is 3.92. The first-order valence-electron chi connectivity index (χ1n) is 5.35. The summed E-state index contributed by atoms with van der Waals surface area (Å²) in [5, 5.41) is 11.5. The lowest BCUT2D eigenvalue weighted by Crippen LogP contribution is -1.92. The van der Waals surface area contributed by atoms with Gasteiger partial charge < -0.3 is 0 Å². The zero-order chi connectivity index (χ0) is 12.3. The summed E-state index contributed by atoms with van der Waals surface area (Å²) in [6, 6.07) is 6.83. The van der Waals surface area contributed by atoms with Gasteiger partial charge >= 0.3 is 0 Å². The minimum atomic E-state index is -0.336. The SMILES string of the molecule is C[C@@H]1CS[C@@H](/C=C/c2ccccc2[N+](=O)[O-])S1. The first-order valence-corrected chi connectivity index (χ1v) is 7.34. The summed E-state index contributed by atoms with van der Waals surface area (Å²) in [4.78, 5) is 10.5. The van der Waals surface area contributed by atoms with E-state index in [4.69, 9.17) is 0 Å². The predicted molar refractivity (Wildman–Crippen MR) is 75.4 cm³/mol. The number of nitrogens with zero attached hydrogens (tertiary/aromatic N) is 1. The molecule has 1 fully saturated rings. The minimum absolute atomic E-state index is 0.171. The second kappa shape index (κ2) is 5.60. The van der Waals surface area contributed by atoms with Crippen molar-refractivity contribution >= 4 is 35.3 Å². The van der Waals surface area contributed by atoms with Gasteiger partial charge in [0.05, 0.1) is 15.1 Å². The van der Waals surface area contributed by atoms with Crippen LogP contribution in [0.4, 0.5) is 5.69 Å². The highest BCUT2D eigenvalue weighted by molar-refractivity contribution is 8.20. The third-order valence-electron chi connectivity index (χ3n) is 2.43. The first-order chi connectivity index (χ1) is 8.16. The zero-order valence-electron chi connectivity index (χ0n) is 9.41. The van der Waals surface area contributed by atoms with Crippen LogP contribution in [0.3, 0.4) is 0 Å². The Bertz CT molecular complexity index is 448. The molecule has 0 N–H and O–H groups in total. The molecule has 0 radical (unpaired) electrons. The lowest BCUT2D eigenvalue weighted by molar-refractivity contribution is -0.385. The maximum Gasteiger partial charge on any atom is 0.276 e. The molecule has 2 rings (SSSR count). The summed E-state index contributed by atoms with van der Waals surface area (Å²) in [5.41, 5.74) is 0.850. The normalized spacial score (nSPS) is 24.3. The standard InChI is InChI=1S/C12H13NO2S2/c1-9-8-16-12(17-9)7-6-10-4-2-3-5-11(10)13(14)15/h2-7,9,12H,8H2,1H3/b7-6+/t9-,12-/m1/s1. The molecule has 0 bridgehead atoms. The summed E-state index contributed by atoms with van der Waals surface area (Å²) >= 11 is 3.80. The lowest BCUT2D eigenvalue weighted by Gasteiger charge is -2.01. The third-order valence-corrected chi connectivity index (χ3v) is 5.62. The van der Waals surface area contributed by atoms with Crippen molar-refractivity contribution in [2.24, 2.45) is 0 Å². The number of hydrogen-bond donors (Lipinski definition) is 0. The lowest BCUT2D eigenvalue weighted by atomic mass is 10.2. The smallest absolute Gasteiger partial charge is 0.258 e. The second-order valence-electron chi connectivity index (χ2n) is 3.82. The van der Waals surface area contributed by atoms with Crippen LogP contribution in [0.25, 0.3) is 6.08 Å². The number of rotatable bonds is 3. The van der Waals surface area contributed by atoms with Crippen molar-refractivity contribution in [3.05, 3.63) is 46.0 Å². The van der Waals surface area contributed by atoms with Gasteiger partial charge in [-0.25, -0.2) is 0 Å². The molecular formula is C12H13NO2S2. The van der Waals surface area contributed by atoms with Crippen molar-refractivity contribution in [1.82, 2.24) is 0 Å². The van der Waals surface area contributed by atoms with Crippen LogP contribution >= 0.6 is 23.5 Å². The van der Waals surface area contributed by atoms with E-state index in [1.54, 1.807) is 12.1 Å². The van der Waals surface area contributed by atoms with E-state index in [1.807, 2.05) is 35.7 Å². The molecule has 0 saturated carbocycles. The van der Waals surface area contributed by atoms with Crippen LogP contribution in [0.15, 0.2) is 30.3 Å². The molecule has 0 spiro atoms. The van der Waals surface area contributed by atoms with E-state index in [-0.39, 0.29) is 10.6 Å². The van der Waals surface area contributed by atoms with E-state index in [9.17, 15) is 10.1 Å². The molecule has 1 aliphatic rings. The van der Waals surface area contributed by atoms with Crippen molar-refractivity contribution < 1.29 is 4.92 Å². The van der Waals surface area contributed by atoms with Gasteiger partial charge in [0.15, 0.2) is 0 Å². The molecule has 1 aliphatic heterocycles. The summed E-state index contributed by atoms with van der Waals surface area (Å²) < 4.78 is 0.421. The van der Waals surface area contributed by atoms with Crippen molar-refractivity contribution in [2.45, 2.75) is 16.8 Å². The fourth-order valence-electron chi connectivity index (χ4n) is 1.62. The molecule has 17 heavy (non-hydrogen) atoms. The van der Waals surface area contributed by atoms with Crippen LogP contribution in [0.5, 0.6) is 0 Å². The van der Waals surface area contributed by atoms with Gasteiger partial charge in [-0.15, -0.1) is 23.5 Å². The molecule has 1 aromatic carbocycles. The molecule has 0 aliphatic carbocycles. The van der Waals surface area contributed by atoms with Gasteiger partial charge in [0, 0.05) is 17.1 Å². The number of nitro benzene ring substituents is 1. The number of thioether (sulfide) groups is 2. The van der Waals surface area contributed by atoms with E-state index < -0.39 is 0 Å². The Morgan fingerprint density at radius 2 is 2.24 bits per heavy atom. The van der Waals surface area contributed by atoms with Gasteiger partial charge in [-0.3, -0.25) is 10.1 Å². The molecule has 1 heterocycles. The molecule has 0 unspecified atom stereocenters. The Morgan fingerprint density at radius 3 is 2.88 bits per heavy atom. The number of nitro groups is 1. The minimum Gasteiger partial charge on any atom is -0.258 e. The van der Waals surface area contributed by atoms with Crippen LogP contribution in [-0.4, -0.2) is 20.5 Å². The highest BCUT2D eigenvalue weighted by Gasteiger charge is 2.20. The summed E-state index contributed by atoms with van der Waals surface area (Å²) in [5.74, 6) is 1.15. The van der Waals surface area contributed by atoms with E-state index in [2.05, 4.69) is 13.0 Å². The van der Waals surface area contributed by atoms with Crippen LogP contribution < -0.4 is 0 Å². The molecule has 90 valence electrons. The average molecular weight is 267 g/mol. The molecule has 0 aromatic heterocycles. The average Bonchev–Trinajstić information content (AvgIpc) is 2.73. The molecular weight excluding hydrogens is 254 g/mol. The van der Waals surface area contributed by atoms with Crippen molar-refractivity contribution in [3.8, 4) is 0 Å². The molecule has 1 aromatic rings. The van der Waals surface area contributed by atoms with Gasteiger partial charge in [0.25, 0.3) is 5.69 Å². The van der Waals surface area contributed by atoms with Gasteiger partial charge in [0.1, 0.15) is 0 Å².